The van der Waals surface area contributed by atoms with E-state index in [1.165, 1.54) is 0 Å². The molecular weight excluding hydrogens is 296 g/mol. The van der Waals surface area contributed by atoms with E-state index in [9.17, 15) is 24.3 Å². The number of aliphatic carboxylic acids is 3. The van der Waals surface area contributed by atoms with Gasteiger partial charge in [-0.3, -0.25) is 9.59 Å². The molecule has 0 fully saturated rings. The average molecular weight is 310 g/mol. The number of carbonyl (C=O) groups is 4. The SMILES string of the molecule is C[C@@H](O)[C@H](O)C(C(=O)O)C(=O)O[C@@H](C(=O)O)[C@@H](O)C(=O)O. The van der Waals surface area contributed by atoms with E-state index in [1.54, 1.807) is 0 Å². The summed E-state index contributed by atoms with van der Waals surface area (Å²) in [5.41, 5.74) is 0. The van der Waals surface area contributed by atoms with Gasteiger partial charge in [0.15, 0.2) is 12.0 Å². The molecule has 5 atom stereocenters. The highest BCUT2D eigenvalue weighted by molar-refractivity contribution is 5.96. The Labute approximate surface area is 117 Å². The average Bonchev–Trinajstić information content (AvgIpc) is 2.33. The van der Waals surface area contributed by atoms with Crippen LogP contribution in [0.4, 0.5) is 0 Å². The van der Waals surface area contributed by atoms with Crippen molar-refractivity contribution >= 4 is 23.9 Å². The van der Waals surface area contributed by atoms with Crippen molar-refractivity contribution in [3.8, 4) is 0 Å². The lowest BCUT2D eigenvalue weighted by atomic mass is 9.98. The highest BCUT2D eigenvalue weighted by atomic mass is 16.6. The van der Waals surface area contributed by atoms with E-state index in [-0.39, 0.29) is 0 Å². The zero-order valence-corrected chi connectivity index (χ0v) is 10.6. The number of carboxylic acids is 3. The standard InChI is InChI=1S/C10H14O11/c1-2(11)4(12)3(7(14)15)10(20)21-6(9(18)19)5(13)8(16)17/h2-6,11-13H,1H3,(H,14,15)(H,16,17)(H,18,19)/t2-,3?,4+,5-,6-/m1/s1. The van der Waals surface area contributed by atoms with Crippen molar-refractivity contribution in [1.82, 2.24) is 0 Å². The molecule has 0 aliphatic carbocycles. The van der Waals surface area contributed by atoms with E-state index in [1.807, 2.05) is 0 Å². The van der Waals surface area contributed by atoms with E-state index >= 15 is 0 Å². The minimum Gasteiger partial charge on any atom is -0.481 e. The van der Waals surface area contributed by atoms with E-state index in [4.69, 9.17) is 25.5 Å². The van der Waals surface area contributed by atoms with Gasteiger partial charge < -0.3 is 35.4 Å². The number of ether oxygens (including phenoxy) is 1. The van der Waals surface area contributed by atoms with E-state index in [0.29, 0.717) is 0 Å². The van der Waals surface area contributed by atoms with Crippen LogP contribution in [0.15, 0.2) is 0 Å². The molecule has 0 saturated carbocycles. The third kappa shape index (κ3) is 4.98. The lowest BCUT2D eigenvalue weighted by Crippen LogP contribution is -2.48. The molecule has 0 spiro atoms. The quantitative estimate of drug-likeness (QED) is 0.195. The number of rotatable bonds is 8. The van der Waals surface area contributed by atoms with Crippen molar-refractivity contribution in [1.29, 1.82) is 0 Å². The Balaban J connectivity index is 5.23. The zero-order valence-electron chi connectivity index (χ0n) is 10.6. The largest absolute Gasteiger partial charge is 0.481 e. The summed E-state index contributed by atoms with van der Waals surface area (Å²) < 4.78 is 4.11. The molecule has 0 heterocycles. The molecule has 0 aromatic heterocycles. The van der Waals surface area contributed by atoms with Crippen molar-refractivity contribution in [3.05, 3.63) is 0 Å². The Hall–Kier alpha value is -2.24. The van der Waals surface area contributed by atoms with Gasteiger partial charge in [-0.15, -0.1) is 0 Å². The molecule has 6 N–H and O–H groups in total. The first-order valence-corrected chi connectivity index (χ1v) is 5.43. The lowest BCUT2D eigenvalue weighted by molar-refractivity contribution is -0.186. The second kappa shape index (κ2) is 7.52. The molecule has 0 amide bonds. The molecule has 0 aromatic carbocycles. The third-order valence-corrected chi connectivity index (χ3v) is 2.38. The number of esters is 1. The summed E-state index contributed by atoms with van der Waals surface area (Å²) in [5, 5.41) is 53.3. The normalized spacial score (nSPS) is 17.9. The molecule has 21 heavy (non-hydrogen) atoms. The Morgan fingerprint density at radius 2 is 1.33 bits per heavy atom. The van der Waals surface area contributed by atoms with Crippen molar-refractivity contribution in [3.63, 3.8) is 0 Å². The third-order valence-electron chi connectivity index (χ3n) is 2.38. The van der Waals surface area contributed by atoms with Gasteiger partial charge in [-0.05, 0) is 6.92 Å². The highest BCUT2D eigenvalue weighted by Crippen LogP contribution is 2.14. The molecule has 0 aliphatic rings. The summed E-state index contributed by atoms with van der Waals surface area (Å²) in [4.78, 5) is 43.6. The summed E-state index contributed by atoms with van der Waals surface area (Å²) in [5.74, 6) is -10.1. The van der Waals surface area contributed by atoms with Gasteiger partial charge in [-0.1, -0.05) is 0 Å². The number of aliphatic hydroxyl groups excluding tert-OH is 3. The van der Waals surface area contributed by atoms with Crippen molar-refractivity contribution in [2.45, 2.75) is 31.3 Å². The molecule has 120 valence electrons. The minimum absolute atomic E-state index is 0.967. The van der Waals surface area contributed by atoms with Crippen molar-refractivity contribution in [2.75, 3.05) is 0 Å². The molecule has 11 nitrogen and oxygen atoms in total. The van der Waals surface area contributed by atoms with E-state index in [0.717, 1.165) is 6.92 Å². The number of carboxylic acid groups (broad SMARTS) is 3. The fourth-order valence-corrected chi connectivity index (χ4v) is 1.24. The molecule has 11 heteroatoms. The molecule has 0 saturated heterocycles. The first-order valence-electron chi connectivity index (χ1n) is 5.43. The van der Waals surface area contributed by atoms with E-state index < -0.39 is 54.2 Å². The van der Waals surface area contributed by atoms with Crippen LogP contribution in [-0.2, 0) is 23.9 Å². The fraction of sp³-hybridized carbons (Fsp3) is 0.600. The van der Waals surface area contributed by atoms with Crippen LogP contribution in [0.25, 0.3) is 0 Å². The molecule has 0 rings (SSSR count). The van der Waals surface area contributed by atoms with Crippen LogP contribution < -0.4 is 0 Å². The number of aliphatic hydroxyl groups is 3. The van der Waals surface area contributed by atoms with Crippen molar-refractivity contribution < 1.29 is 54.6 Å². The fourth-order valence-electron chi connectivity index (χ4n) is 1.24. The van der Waals surface area contributed by atoms with Crippen LogP contribution >= 0.6 is 0 Å². The van der Waals surface area contributed by atoms with Crippen LogP contribution in [0.3, 0.4) is 0 Å². The predicted molar refractivity (Wildman–Crippen MR) is 60.0 cm³/mol. The Kier molecular flexibility index (Phi) is 6.72. The maximum absolute atomic E-state index is 11.5. The molecule has 1 unspecified atom stereocenters. The summed E-state index contributed by atoms with van der Waals surface area (Å²) in [6.45, 7) is 0.967. The monoisotopic (exact) mass is 310 g/mol. The Morgan fingerprint density at radius 1 is 0.857 bits per heavy atom. The zero-order chi connectivity index (χ0) is 16.9. The van der Waals surface area contributed by atoms with Gasteiger partial charge >= 0.3 is 23.9 Å². The van der Waals surface area contributed by atoms with Crippen LogP contribution in [0.5, 0.6) is 0 Å². The van der Waals surface area contributed by atoms with Crippen LogP contribution in [0, 0.1) is 5.92 Å². The maximum atomic E-state index is 11.5. The topological polar surface area (TPSA) is 199 Å². The van der Waals surface area contributed by atoms with Gasteiger partial charge in [0.25, 0.3) is 0 Å². The summed E-state index contributed by atoms with van der Waals surface area (Å²) in [6, 6.07) is 0. The second-order valence-corrected chi connectivity index (χ2v) is 4.03. The number of hydrogen-bond acceptors (Lipinski definition) is 8. The number of hydrogen-bond donors (Lipinski definition) is 6. The van der Waals surface area contributed by atoms with Gasteiger partial charge in [0.2, 0.25) is 6.10 Å². The van der Waals surface area contributed by atoms with Crippen LogP contribution in [0.2, 0.25) is 0 Å². The van der Waals surface area contributed by atoms with Crippen LogP contribution in [0.1, 0.15) is 6.92 Å². The summed E-state index contributed by atoms with van der Waals surface area (Å²) in [7, 11) is 0. The minimum atomic E-state index is -2.63. The summed E-state index contributed by atoms with van der Waals surface area (Å²) in [6.07, 6.45) is -8.99. The number of carbonyl (C=O) groups excluding carboxylic acids is 1. The van der Waals surface area contributed by atoms with Gasteiger partial charge in [-0.25, -0.2) is 9.59 Å². The van der Waals surface area contributed by atoms with E-state index in [2.05, 4.69) is 4.74 Å². The second-order valence-electron chi connectivity index (χ2n) is 4.03. The Morgan fingerprint density at radius 3 is 1.62 bits per heavy atom. The first-order chi connectivity index (χ1) is 9.50. The van der Waals surface area contributed by atoms with Crippen molar-refractivity contribution in [2.24, 2.45) is 5.92 Å². The smallest absolute Gasteiger partial charge is 0.348 e. The summed E-state index contributed by atoms with van der Waals surface area (Å²) >= 11 is 0. The first kappa shape index (κ1) is 18.8. The van der Waals surface area contributed by atoms with Gasteiger partial charge in [0, 0.05) is 0 Å². The Bertz CT molecular complexity index is 429. The molecular formula is C10H14O11. The molecule has 0 bridgehead atoms. The van der Waals surface area contributed by atoms with Gasteiger partial charge in [-0.2, -0.15) is 0 Å². The highest BCUT2D eigenvalue weighted by Gasteiger charge is 2.43. The maximum Gasteiger partial charge on any atom is 0.348 e. The van der Waals surface area contributed by atoms with Gasteiger partial charge in [0.05, 0.1) is 6.10 Å². The van der Waals surface area contributed by atoms with Crippen LogP contribution in [-0.4, -0.2) is 78.9 Å². The molecule has 0 aliphatic heterocycles. The predicted octanol–water partition coefficient (Wildman–Crippen LogP) is -3.13. The molecule has 0 aromatic rings. The molecule has 0 radical (unpaired) electrons. The van der Waals surface area contributed by atoms with Gasteiger partial charge in [0.1, 0.15) is 6.10 Å². The lowest BCUT2D eigenvalue weighted by Gasteiger charge is -2.23.